The quantitative estimate of drug-likeness (QED) is 0.835. The van der Waals surface area contributed by atoms with Crippen molar-refractivity contribution in [1.82, 2.24) is 19.4 Å². The summed E-state index contributed by atoms with van der Waals surface area (Å²) < 4.78 is 7.72. The van der Waals surface area contributed by atoms with E-state index in [4.69, 9.17) is 4.74 Å². The molecule has 0 atom stereocenters. The standard InChI is InChI=1S/C21H32N4O2.ClH/c1-4-27-17-7-11-21(3,12-8-17)24-13-9-16(10-14-24)25-19-18(23-20(25)26)6-5-15(2)22-19;/h5-6,16-17H,4,7-14H2,1-3H3,(H,23,26);1H. The van der Waals surface area contributed by atoms with Crippen LogP contribution in [0.5, 0.6) is 0 Å². The van der Waals surface area contributed by atoms with E-state index in [9.17, 15) is 4.79 Å². The van der Waals surface area contributed by atoms with Crippen molar-refractivity contribution >= 4 is 23.6 Å². The Kier molecular flexibility index (Phi) is 6.52. The van der Waals surface area contributed by atoms with Gasteiger partial charge in [-0.3, -0.25) is 9.47 Å². The highest BCUT2D eigenvalue weighted by atomic mass is 35.5. The maximum Gasteiger partial charge on any atom is 0.327 e. The van der Waals surface area contributed by atoms with Crippen molar-refractivity contribution in [2.75, 3.05) is 19.7 Å². The topological polar surface area (TPSA) is 63.1 Å². The molecular formula is C21H33ClN4O2. The van der Waals surface area contributed by atoms with Crippen LogP contribution in [0.1, 0.15) is 64.1 Å². The molecule has 28 heavy (non-hydrogen) atoms. The minimum absolute atomic E-state index is 0. The van der Waals surface area contributed by atoms with Crippen molar-refractivity contribution in [3.8, 4) is 0 Å². The van der Waals surface area contributed by atoms with E-state index < -0.39 is 0 Å². The molecule has 1 saturated carbocycles. The van der Waals surface area contributed by atoms with Gasteiger partial charge in [-0.25, -0.2) is 9.78 Å². The van der Waals surface area contributed by atoms with E-state index in [0.29, 0.717) is 6.10 Å². The second-order valence-electron chi connectivity index (χ2n) is 8.49. The number of hydrogen-bond acceptors (Lipinski definition) is 4. The lowest BCUT2D eigenvalue weighted by Gasteiger charge is -2.48. The molecule has 6 nitrogen and oxygen atoms in total. The van der Waals surface area contributed by atoms with E-state index >= 15 is 0 Å². The van der Waals surface area contributed by atoms with Gasteiger partial charge in [-0.1, -0.05) is 0 Å². The molecule has 0 spiro atoms. The minimum atomic E-state index is -0.0232. The lowest BCUT2D eigenvalue weighted by atomic mass is 9.79. The number of hydrogen-bond donors (Lipinski definition) is 1. The zero-order valence-electron chi connectivity index (χ0n) is 17.2. The molecule has 0 bridgehead atoms. The summed E-state index contributed by atoms with van der Waals surface area (Å²) in [7, 11) is 0. The second kappa shape index (κ2) is 8.56. The number of nitrogens with one attached hydrogen (secondary N) is 1. The van der Waals surface area contributed by atoms with Crippen molar-refractivity contribution in [2.45, 2.75) is 77.0 Å². The summed E-state index contributed by atoms with van der Waals surface area (Å²) in [6, 6.07) is 4.15. The molecule has 1 N–H and O–H groups in total. The Hall–Kier alpha value is -1.37. The highest BCUT2D eigenvalue weighted by Gasteiger charge is 2.38. The summed E-state index contributed by atoms with van der Waals surface area (Å²) in [5.74, 6) is 0. The van der Waals surface area contributed by atoms with Crippen molar-refractivity contribution in [3.05, 3.63) is 28.3 Å². The number of aromatic nitrogens is 3. The van der Waals surface area contributed by atoms with Gasteiger partial charge in [0.15, 0.2) is 5.65 Å². The van der Waals surface area contributed by atoms with Crippen LogP contribution in [0.25, 0.3) is 11.2 Å². The number of fused-ring (bicyclic) bond motifs is 1. The van der Waals surface area contributed by atoms with Gasteiger partial charge in [0.2, 0.25) is 0 Å². The van der Waals surface area contributed by atoms with E-state index in [1.165, 1.54) is 12.8 Å². The summed E-state index contributed by atoms with van der Waals surface area (Å²) in [6.45, 7) is 9.39. The zero-order chi connectivity index (χ0) is 19.0. The lowest BCUT2D eigenvalue weighted by molar-refractivity contribution is -0.0273. The highest BCUT2D eigenvalue weighted by molar-refractivity contribution is 5.85. The normalized spacial score (nSPS) is 27.0. The Labute approximate surface area is 173 Å². The molecule has 1 aliphatic carbocycles. The fraction of sp³-hybridized carbons (Fsp3) is 0.714. The van der Waals surface area contributed by atoms with Crippen molar-refractivity contribution in [1.29, 1.82) is 0 Å². The van der Waals surface area contributed by atoms with Gasteiger partial charge in [-0.15, -0.1) is 12.4 Å². The van der Waals surface area contributed by atoms with Gasteiger partial charge in [0, 0.05) is 37.0 Å². The van der Waals surface area contributed by atoms with Crippen LogP contribution in [-0.4, -0.2) is 50.8 Å². The predicted molar refractivity (Wildman–Crippen MR) is 114 cm³/mol. The van der Waals surface area contributed by atoms with Crippen molar-refractivity contribution < 1.29 is 4.74 Å². The average molecular weight is 409 g/mol. The van der Waals surface area contributed by atoms with Crippen LogP contribution in [0, 0.1) is 6.92 Å². The van der Waals surface area contributed by atoms with E-state index in [1.54, 1.807) is 0 Å². The van der Waals surface area contributed by atoms with E-state index in [0.717, 1.165) is 62.2 Å². The molecule has 0 aromatic carbocycles. The number of likely N-dealkylation sites (tertiary alicyclic amines) is 1. The van der Waals surface area contributed by atoms with Gasteiger partial charge < -0.3 is 9.72 Å². The van der Waals surface area contributed by atoms with Crippen LogP contribution in [-0.2, 0) is 4.74 Å². The third-order valence-corrected chi connectivity index (χ3v) is 6.71. The van der Waals surface area contributed by atoms with E-state index in [-0.39, 0.29) is 29.7 Å². The molecule has 0 unspecified atom stereocenters. The number of aryl methyl sites for hydroxylation is 1. The summed E-state index contributed by atoms with van der Waals surface area (Å²) >= 11 is 0. The lowest BCUT2D eigenvalue weighted by Crippen LogP contribution is -2.53. The fourth-order valence-electron chi connectivity index (χ4n) is 5.03. The van der Waals surface area contributed by atoms with Gasteiger partial charge in [0.25, 0.3) is 0 Å². The monoisotopic (exact) mass is 408 g/mol. The van der Waals surface area contributed by atoms with Crippen LogP contribution in [0.2, 0.25) is 0 Å². The second-order valence-corrected chi connectivity index (χ2v) is 8.49. The van der Waals surface area contributed by atoms with Crippen molar-refractivity contribution in [2.24, 2.45) is 0 Å². The Morgan fingerprint density at radius 1 is 1.21 bits per heavy atom. The third-order valence-electron chi connectivity index (χ3n) is 6.71. The summed E-state index contributed by atoms with van der Waals surface area (Å²) in [5.41, 5.74) is 2.85. The van der Waals surface area contributed by atoms with Gasteiger partial charge in [0.05, 0.1) is 11.6 Å². The van der Waals surface area contributed by atoms with Crippen LogP contribution in [0.15, 0.2) is 16.9 Å². The molecule has 3 heterocycles. The number of halogens is 1. The maximum atomic E-state index is 12.5. The molecule has 1 saturated heterocycles. The summed E-state index contributed by atoms with van der Waals surface area (Å²) in [4.78, 5) is 22.8. The first-order valence-electron chi connectivity index (χ1n) is 10.4. The fourth-order valence-corrected chi connectivity index (χ4v) is 5.03. The molecule has 4 rings (SSSR count). The number of aromatic amines is 1. The molecule has 2 fully saturated rings. The third kappa shape index (κ3) is 4.00. The Balaban J connectivity index is 0.00000225. The number of rotatable bonds is 4. The minimum Gasteiger partial charge on any atom is -0.379 e. The van der Waals surface area contributed by atoms with Crippen molar-refractivity contribution in [3.63, 3.8) is 0 Å². The average Bonchev–Trinajstić information content (AvgIpc) is 2.99. The molecule has 0 amide bonds. The van der Waals surface area contributed by atoms with Crippen LogP contribution in [0.4, 0.5) is 0 Å². The molecule has 0 radical (unpaired) electrons. The van der Waals surface area contributed by atoms with E-state index in [1.807, 2.05) is 23.6 Å². The van der Waals surface area contributed by atoms with Gasteiger partial charge in [-0.2, -0.15) is 0 Å². The SMILES string of the molecule is CCOC1CCC(C)(N2CCC(n3c(=O)[nH]c4ccc(C)nc43)CC2)CC1.Cl. The highest BCUT2D eigenvalue weighted by Crippen LogP contribution is 2.37. The molecular weight excluding hydrogens is 376 g/mol. The molecule has 7 heteroatoms. The predicted octanol–water partition coefficient (Wildman–Crippen LogP) is 3.83. The molecule has 1 aliphatic heterocycles. The Morgan fingerprint density at radius 3 is 2.54 bits per heavy atom. The maximum absolute atomic E-state index is 12.5. The van der Waals surface area contributed by atoms with Gasteiger partial charge in [0.1, 0.15) is 0 Å². The largest absolute Gasteiger partial charge is 0.379 e. The zero-order valence-corrected chi connectivity index (χ0v) is 18.1. The number of ether oxygens (including phenoxy) is 1. The van der Waals surface area contributed by atoms with Gasteiger partial charge >= 0.3 is 5.69 Å². The number of nitrogens with zero attached hydrogens (tertiary/aromatic N) is 3. The van der Waals surface area contributed by atoms with E-state index in [2.05, 4.69) is 28.7 Å². The molecule has 2 aromatic heterocycles. The van der Waals surface area contributed by atoms with Gasteiger partial charge in [-0.05, 0) is 71.4 Å². The van der Waals surface area contributed by atoms with Crippen LogP contribution < -0.4 is 5.69 Å². The van der Waals surface area contributed by atoms with Crippen LogP contribution >= 0.6 is 12.4 Å². The molecule has 2 aromatic rings. The first-order chi connectivity index (χ1) is 13.0. The number of imidazole rings is 1. The van der Waals surface area contributed by atoms with Crippen LogP contribution in [0.3, 0.4) is 0 Å². The summed E-state index contributed by atoms with van der Waals surface area (Å²) in [5, 5.41) is 0. The number of H-pyrrole nitrogens is 1. The summed E-state index contributed by atoms with van der Waals surface area (Å²) in [6.07, 6.45) is 7.19. The Bertz CT molecular complexity index is 846. The number of pyridine rings is 1. The first kappa shape index (κ1) is 21.3. The first-order valence-corrected chi connectivity index (χ1v) is 10.4. The molecule has 156 valence electrons. The Morgan fingerprint density at radius 2 is 1.89 bits per heavy atom. The number of piperidine rings is 1. The molecule has 2 aliphatic rings. The smallest absolute Gasteiger partial charge is 0.327 e.